The van der Waals surface area contributed by atoms with E-state index >= 15 is 0 Å². The van der Waals surface area contributed by atoms with Crippen molar-refractivity contribution in [1.82, 2.24) is 16.2 Å². The van der Waals surface area contributed by atoms with Gasteiger partial charge in [0.25, 0.3) is 5.91 Å². The first-order valence-corrected chi connectivity index (χ1v) is 7.00. The van der Waals surface area contributed by atoms with Gasteiger partial charge in [0.15, 0.2) is 5.11 Å². The zero-order valence-corrected chi connectivity index (χ0v) is 13.9. The molecule has 0 radical (unpaired) electrons. The molecule has 1 rings (SSSR count). The highest BCUT2D eigenvalue weighted by molar-refractivity contribution is 7.80. The Hall–Kier alpha value is -2.06. The normalized spacial score (nSPS) is 11.3. The number of carbonyl (C=O) groups excluding carboxylic acids is 1. The number of nitrogens with one attached hydrogen (secondary N) is 3. The first kappa shape index (κ1) is 18.0. The molecule has 7 nitrogen and oxygen atoms in total. The highest BCUT2D eigenvalue weighted by Gasteiger charge is 2.13. The largest absolute Gasteiger partial charge is 0.497 e. The van der Waals surface area contributed by atoms with Gasteiger partial charge in [0.2, 0.25) is 0 Å². The van der Waals surface area contributed by atoms with Gasteiger partial charge in [0.05, 0.1) is 26.4 Å². The molecule has 0 aliphatic rings. The Kier molecular flexibility index (Phi) is 7.41. The Balaban J connectivity index is 2.60. The number of rotatable bonds is 6. The first-order valence-electron chi connectivity index (χ1n) is 6.59. The predicted molar refractivity (Wildman–Crippen MR) is 87.2 cm³/mol. The Morgan fingerprint density at radius 2 is 1.95 bits per heavy atom. The number of hydrogen-bond donors (Lipinski definition) is 3. The number of benzene rings is 1. The van der Waals surface area contributed by atoms with E-state index in [4.69, 9.17) is 26.4 Å². The van der Waals surface area contributed by atoms with Crippen LogP contribution < -0.4 is 25.6 Å². The smallest absolute Gasteiger partial charge is 0.273 e. The molecule has 0 aromatic heterocycles. The van der Waals surface area contributed by atoms with Crippen molar-refractivity contribution in [3.63, 3.8) is 0 Å². The molecular weight excluding hydrogens is 306 g/mol. The van der Waals surface area contributed by atoms with E-state index in [1.54, 1.807) is 32.4 Å². The number of ether oxygens (including phenoxy) is 3. The molecule has 122 valence electrons. The van der Waals surface area contributed by atoms with Gasteiger partial charge in [-0.15, -0.1) is 0 Å². The molecule has 0 saturated heterocycles. The Morgan fingerprint density at radius 3 is 2.55 bits per heavy atom. The lowest BCUT2D eigenvalue weighted by molar-refractivity contribution is 0.0940. The van der Waals surface area contributed by atoms with Crippen molar-refractivity contribution < 1.29 is 19.0 Å². The molecule has 0 bridgehead atoms. The zero-order valence-electron chi connectivity index (χ0n) is 13.1. The number of carbonyl (C=O) groups is 1. The standard InChI is InChI=1S/C14H21N3O4S/c1-9(8-19-2)15-14(22)17-16-13(18)11-6-5-10(20-3)7-12(11)21-4/h5-7,9H,8H2,1-4H3,(H,16,18)(H2,15,17,22)/t9-/m0/s1. The quantitative estimate of drug-likeness (QED) is 0.528. The minimum atomic E-state index is -0.372. The van der Waals surface area contributed by atoms with Crippen LogP contribution in [0, 0.1) is 0 Å². The summed E-state index contributed by atoms with van der Waals surface area (Å²) in [7, 11) is 4.63. The average Bonchev–Trinajstić information content (AvgIpc) is 2.52. The van der Waals surface area contributed by atoms with Gasteiger partial charge < -0.3 is 19.5 Å². The summed E-state index contributed by atoms with van der Waals surface area (Å²) in [6.45, 7) is 2.41. The number of methoxy groups -OCH3 is 3. The van der Waals surface area contributed by atoms with E-state index in [0.717, 1.165) is 0 Å². The van der Waals surface area contributed by atoms with Gasteiger partial charge in [-0.25, -0.2) is 0 Å². The Morgan fingerprint density at radius 1 is 1.23 bits per heavy atom. The van der Waals surface area contributed by atoms with Gasteiger partial charge in [-0.05, 0) is 31.3 Å². The van der Waals surface area contributed by atoms with E-state index in [-0.39, 0.29) is 11.9 Å². The van der Waals surface area contributed by atoms with Gasteiger partial charge >= 0.3 is 0 Å². The van der Waals surface area contributed by atoms with Crippen LogP contribution in [-0.2, 0) is 4.74 Å². The molecule has 8 heteroatoms. The van der Waals surface area contributed by atoms with E-state index in [1.807, 2.05) is 6.92 Å². The maximum absolute atomic E-state index is 12.1. The van der Waals surface area contributed by atoms with Crippen LogP contribution in [0.15, 0.2) is 18.2 Å². The second kappa shape index (κ2) is 9.06. The molecule has 1 atom stereocenters. The zero-order chi connectivity index (χ0) is 16.5. The summed E-state index contributed by atoms with van der Waals surface area (Å²) in [5.41, 5.74) is 5.50. The molecule has 0 aliphatic heterocycles. The average molecular weight is 327 g/mol. The fourth-order valence-corrected chi connectivity index (χ4v) is 1.97. The number of thiocarbonyl (C=S) groups is 1. The molecule has 3 N–H and O–H groups in total. The van der Waals surface area contributed by atoms with Gasteiger partial charge in [-0.2, -0.15) is 0 Å². The van der Waals surface area contributed by atoms with Crippen LogP contribution in [0.3, 0.4) is 0 Å². The fraction of sp³-hybridized carbons (Fsp3) is 0.429. The summed E-state index contributed by atoms with van der Waals surface area (Å²) in [6, 6.07) is 4.94. The van der Waals surface area contributed by atoms with E-state index < -0.39 is 0 Å². The minimum absolute atomic E-state index is 0.0254. The van der Waals surface area contributed by atoms with E-state index in [0.29, 0.717) is 28.8 Å². The van der Waals surface area contributed by atoms with Crippen molar-refractivity contribution in [2.24, 2.45) is 0 Å². The third-order valence-electron chi connectivity index (χ3n) is 2.74. The topological polar surface area (TPSA) is 80.9 Å². The third-order valence-corrected chi connectivity index (χ3v) is 2.96. The summed E-state index contributed by atoms with van der Waals surface area (Å²) >= 11 is 5.07. The molecule has 0 aliphatic carbocycles. The second-order valence-electron chi connectivity index (χ2n) is 4.48. The van der Waals surface area contributed by atoms with Crippen molar-refractivity contribution in [2.45, 2.75) is 13.0 Å². The van der Waals surface area contributed by atoms with Crippen molar-refractivity contribution in [3.05, 3.63) is 23.8 Å². The third kappa shape index (κ3) is 5.38. The summed E-state index contributed by atoms with van der Waals surface area (Å²) in [5, 5.41) is 3.26. The summed E-state index contributed by atoms with van der Waals surface area (Å²) < 4.78 is 15.3. The monoisotopic (exact) mass is 327 g/mol. The molecule has 0 spiro atoms. The van der Waals surface area contributed by atoms with E-state index in [9.17, 15) is 4.79 Å². The van der Waals surface area contributed by atoms with Crippen LogP contribution in [0.2, 0.25) is 0 Å². The van der Waals surface area contributed by atoms with Crippen molar-refractivity contribution in [3.8, 4) is 11.5 Å². The van der Waals surface area contributed by atoms with Crippen LogP contribution in [0.5, 0.6) is 11.5 Å². The summed E-state index contributed by atoms with van der Waals surface area (Å²) in [4.78, 5) is 12.1. The van der Waals surface area contributed by atoms with Crippen LogP contribution in [0.4, 0.5) is 0 Å². The molecule has 0 fully saturated rings. The molecule has 1 aromatic rings. The lowest BCUT2D eigenvalue weighted by Gasteiger charge is -2.17. The van der Waals surface area contributed by atoms with Gasteiger partial charge in [-0.1, -0.05) is 0 Å². The minimum Gasteiger partial charge on any atom is -0.497 e. The molecule has 0 unspecified atom stereocenters. The number of hydrogen-bond acceptors (Lipinski definition) is 5. The van der Waals surface area contributed by atoms with Crippen molar-refractivity contribution in [1.29, 1.82) is 0 Å². The van der Waals surface area contributed by atoms with Crippen LogP contribution in [0.1, 0.15) is 17.3 Å². The number of amides is 1. The molecular formula is C14H21N3O4S. The van der Waals surface area contributed by atoms with Crippen molar-refractivity contribution in [2.75, 3.05) is 27.9 Å². The van der Waals surface area contributed by atoms with E-state index in [1.165, 1.54) is 7.11 Å². The molecule has 1 aromatic carbocycles. The second-order valence-corrected chi connectivity index (χ2v) is 4.88. The maximum atomic E-state index is 12.1. The highest BCUT2D eigenvalue weighted by Crippen LogP contribution is 2.24. The van der Waals surface area contributed by atoms with Crippen LogP contribution >= 0.6 is 12.2 Å². The highest BCUT2D eigenvalue weighted by atomic mass is 32.1. The maximum Gasteiger partial charge on any atom is 0.273 e. The van der Waals surface area contributed by atoms with Gasteiger partial charge in [-0.3, -0.25) is 15.6 Å². The predicted octanol–water partition coefficient (Wildman–Crippen LogP) is 0.848. The Bertz CT molecular complexity index is 525. The summed E-state index contributed by atoms with van der Waals surface area (Å²) in [6.07, 6.45) is 0. The molecule has 1 amide bonds. The van der Waals surface area contributed by atoms with Crippen LogP contribution in [0.25, 0.3) is 0 Å². The molecule has 0 heterocycles. The fourth-order valence-electron chi connectivity index (χ4n) is 1.72. The van der Waals surface area contributed by atoms with Crippen molar-refractivity contribution >= 4 is 23.2 Å². The summed E-state index contributed by atoms with van der Waals surface area (Å²) in [5.74, 6) is 0.639. The van der Waals surface area contributed by atoms with Crippen LogP contribution in [-0.4, -0.2) is 45.0 Å². The Labute approximate surface area is 135 Å². The lowest BCUT2D eigenvalue weighted by Crippen LogP contribution is -2.50. The first-order chi connectivity index (χ1) is 10.5. The molecule has 0 saturated carbocycles. The number of hydrazine groups is 1. The lowest BCUT2D eigenvalue weighted by atomic mass is 10.2. The van der Waals surface area contributed by atoms with E-state index in [2.05, 4.69) is 16.2 Å². The van der Waals surface area contributed by atoms with Gasteiger partial charge in [0, 0.05) is 19.2 Å². The SMILES string of the molecule is COC[C@H](C)NC(=S)NNC(=O)c1ccc(OC)cc1OC. The van der Waals surface area contributed by atoms with Gasteiger partial charge in [0.1, 0.15) is 11.5 Å². The molecule has 22 heavy (non-hydrogen) atoms.